The minimum atomic E-state index is -3.69. The second-order valence-corrected chi connectivity index (χ2v) is 6.37. The number of hydrogen-bond acceptors (Lipinski definition) is 3. The van der Waals surface area contributed by atoms with E-state index in [2.05, 4.69) is 4.72 Å². The monoisotopic (exact) mass is 291 g/mol. The van der Waals surface area contributed by atoms with Gasteiger partial charge in [0.25, 0.3) is 0 Å². The lowest BCUT2D eigenvalue weighted by Crippen LogP contribution is -2.27. The Morgan fingerprint density at radius 1 is 1.05 bits per heavy atom. The molecule has 0 aromatic heterocycles. The van der Waals surface area contributed by atoms with Crippen LogP contribution in [0, 0.1) is 0 Å². The van der Waals surface area contributed by atoms with Crippen LogP contribution in [0.25, 0.3) is 0 Å². The lowest BCUT2D eigenvalue weighted by atomic mass is 10.0. The quantitative estimate of drug-likeness (QED) is 0.889. The highest BCUT2D eigenvalue weighted by atomic mass is 32.2. The van der Waals surface area contributed by atoms with Crippen LogP contribution in [0.4, 0.5) is 0 Å². The van der Waals surface area contributed by atoms with E-state index >= 15 is 0 Å². The van der Waals surface area contributed by atoms with Gasteiger partial charge in [0.15, 0.2) is 0 Å². The van der Waals surface area contributed by atoms with E-state index in [0.29, 0.717) is 0 Å². The fraction of sp³-hybridized carbons (Fsp3) is 0.200. The highest BCUT2D eigenvalue weighted by Crippen LogP contribution is 2.22. The first-order chi connectivity index (χ1) is 9.50. The van der Waals surface area contributed by atoms with E-state index in [4.69, 9.17) is 0 Å². The van der Waals surface area contributed by atoms with Crippen LogP contribution in [0.3, 0.4) is 0 Å². The number of benzene rings is 2. The van der Waals surface area contributed by atoms with Gasteiger partial charge < -0.3 is 5.11 Å². The molecule has 0 amide bonds. The van der Waals surface area contributed by atoms with Crippen molar-refractivity contribution in [2.24, 2.45) is 0 Å². The van der Waals surface area contributed by atoms with Gasteiger partial charge in [0.1, 0.15) is 10.6 Å². The van der Waals surface area contributed by atoms with Gasteiger partial charge in [0.05, 0.1) is 0 Å². The molecule has 0 bridgehead atoms. The minimum Gasteiger partial charge on any atom is -0.507 e. The molecule has 0 aliphatic carbocycles. The first kappa shape index (κ1) is 14.6. The topological polar surface area (TPSA) is 66.4 Å². The van der Waals surface area contributed by atoms with Crippen molar-refractivity contribution < 1.29 is 13.5 Å². The number of sulfonamides is 1. The predicted octanol–water partition coefficient (Wildman–Crippen LogP) is 2.47. The molecular formula is C15H17NO3S. The molecule has 0 saturated heterocycles. The van der Waals surface area contributed by atoms with Crippen LogP contribution in [0.2, 0.25) is 0 Å². The van der Waals surface area contributed by atoms with E-state index in [1.807, 2.05) is 37.3 Å². The van der Waals surface area contributed by atoms with Crippen LogP contribution in [-0.4, -0.2) is 20.1 Å². The molecule has 0 aliphatic rings. The molecule has 0 spiro atoms. The molecule has 1 unspecified atom stereocenters. The zero-order chi connectivity index (χ0) is 14.6. The molecule has 4 nitrogen and oxygen atoms in total. The number of rotatable bonds is 5. The van der Waals surface area contributed by atoms with Crippen LogP contribution in [0.15, 0.2) is 59.5 Å². The highest BCUT2D eigenvalue weighted by Gasteiger charge is 2.18. The third-order valence-corrected chi connectivity index (χ3v) is 4.57. The van der Waals surface area contributed by atoms with Crippen molar-refractivity contribution in [2.45, 2.75) is 17.7 Å². The highest BCUT2D eigenvalue weighted by molar-refractivity contribution is 7.89. The largest absolute Gasteiger partial charge is 0.507 e. The van der Waals surface area contributed by atoms with Gasteiger partial charge in [-0.1, -0.05) is 49.4 Å². The summed E-state index contributed by atoms with van der Waals surface area (Å²) in [6.45, 7) is 2.23. The lowest BCUT2D eigenvalue weighted by molar-refractivity contribution is 0.457. The number of nitrogens with one attached hydrogen (secondary N) is 1. The van der Waals surface area contributed by atoms with E-state index in [1.54, 1.807) is 12.1 Å². The Labute approximate surface area is 119 Å². The summed E-state index contributed by atoms with van der Waals surface area (Å²) in [5, 5.41) is 9.61. The van der Waals surface area contributed by atoms with Crippen LogP contribution >= 0.6 is 0 Å². The van der Waals surface area contributed by atoms with Crippen molar-refractivity contribution in [2.75, 3.05) is 6.54 Å². The molecule has 5 heteroatoms. The molecule has 2 N–H and O–H groups in total. The summed E-state index contributed by atoms with van der Waals surface area (Å²) < 4.78 is 26.8. The maximum atomic E-state index is 12.1. The van der Waals surface area contributed by atoms with Gasteiger partial charge in [-0.15, -0.1) is 0 Å². The Balaban J connectivity index is 2.09. The van der Waals surface area contributed by atoms with Crippen LogP contribution < -0.4 is 4.72 Å². The van der Waals surface area contributed by atoms with Gasteiger partial charge in [0, 0.05) is 6.54 Å². The summed E-state index contributed by atoms with van der Waals surface area (Å²) in [7, 11) is -3.69. The van der Waals surface area contributed by atoms with E-state index in [9.17, 15) is 13.5 Å². The van der Waals surface area contributed by atoms with Crippen molar-refractivity contribution in [3.8, 4) is 5.75 Å². The predicted molar refractivity (Wildman–Crippen MR) is 78.2 cm³/mol. The number of aromatic hydroxyl groups is 1. The first-order valence-corrected chi connectivity index (χ1v) is 7.81. The van der Waals surface area contributed by atoms with Crippen molar-refractivity contribution >= 4 is 10.0 Å². The molecule has 0 fully saturated rings. The summed E-state index contributed by atoms with van der Waals surface area (Å²) in [6, 6.07) is 15.6. The zero-order valence-electron chi connectivity index (χ0n) is 11.2. The van der Waals surface area contributed by atoms with Crippen LogP contribution in [-0.2, 0) is 10.0 Å². The molecule has 0 saturated carbocycles. The van der Waals surface area contributed by atoms with Gasteiger partial charge in [-0.2, -0.15) is 0 Å². The van der Waals surface area contributed by atoms with Crippen molar-refractivity contribution in [3.05, 3.63) is 60.2 Å². The number of phenolic OH excluding ortho intramolecular Hbond substituents is 1. The molecule has 2 rings (SSSR count). The number of hydrogen-bond donors (Lipinski definition) is 2. The fourth-order valence-corrected chi connectivity index (χ4v) is 3.12. The molecule has 106 valence electrons. The van der Waals surface area contributed by atoms with Gasteiger partial charge >= 0.3 is 0 Å². The molecule has 0 radical (unpaired) electrons. The minimum absolute atomic E-state index is 0.0526. The normalized spacial score (nSPS) is 13.1. The Morgan fingerprint density at radius 3 is 2.30 bits per heavy atom. The summed E-state index contributed by atoms with van der Waals surface area (Å²) in [4.78, 5) is -0.0970. The standard InChI is InChI=1S/C15H17NO3S/c1-12(13-7-3-2-4-8-13)11-16-20(18,19)15-10-6-5-9-14(15)17/h2-10,12,16-17H,11H2,1H3. The molecular weight excluding hydrogens is 274 g/mol. The smallest absolute Gasteiger partial charge is 0.244 e. The molecule has 2 aromatic carbocycles. The molecule has 1 atom stereocenters. The molecule has 0 heterocycles. The van der Waals surface area contributed by atoms with Gasteiger partial charge in [0.2, 0.25) is 10.0 Å². The molecule has 20 heavy (non-hydrogen) atoms. The van der Waals surface area contributed by atoms with Gasteiger partial charge in [-0.05, 0) is 23.6 Å². The third-order valence-electron chi connectivity index (χ3n) is 3.10. The molecule has 2 aromatic rings. The van der Waals surface area contributed by atoms with Crippen molar-refractivity contribution in [1.82, 2.24) is 4.72 Å². The second kappa shape index (κ2) is 6.07. The van der Waals surface area contributed by atoms with Crippen molar-refractivity contribution in [3.63, 3.8) is 0 Å². The Hall–Kier alpha value is -1.85. The number of phenols is 1. The summed E-state index contributed by atoms with van der Waals surface area (Å²) in [6.07, 6.45) is 0. The zero-order valence-corrected chi connectivity index (χ0v) is 12.0. The maximum Gasteiger partial charge on any atom is 0.244 e. The average molecular weight is 291 g/mol. The fourth-order valence-electron chi connectivity index (χ4n) is 1.90. The summed E-state index contributed by atoms with van der Waals surface area (Å²) >= 11 is 0. The Bertz CT molecular complexity index is 669. The summed E-state index contributed by atoms with van der Waals surface area (Å²) in [5.41, 5.74) is 1.06. The van der Waals surface area contributed by atoms with Gasteiger partial charge in [-0.3, -0.25) is 0 Å². The maximum absolute atomic E-state index is 12.1. The van der Waals surface area contributed by atoms with E-state index in [0.717, 1.165) is 5.56 Å². The lowest BCUT2D eigenvalue weighted by Gasteiger charge is -2.13. The van der Waals surface area contributed by atoms with E-state index in [1.165, 1.54) is 12.1 Å². The second-order valence-electron chi connectivity index (χ2n) is 4.63. The van der Waals surface area contributed by atoms with Gasteiger partial charge in [-0.25, -0.2) is 13.1 Å². The van der Waals surface area contributed by atoms with E-state index < -0.39 is 10.0 Å². The Kier molecular flexibility index (Phi) is 4.42. The van der Waals surface area contributed by atoms with Crippen molar-refractivity contribution in [1.29, 1.82) is 0 Å². The SMILES string of the molecule is CC(CNS(=O)(=O)c1ccccc1O)c1ccccc1. The Morgan fingerprint density at radius 2 is 1.65 bits per heavy atom. The first-order valence-electron chi connectivity index (χ1n) is 6.33. The van der Waals surface area contributed by atoms with E-state index in [-0.39, 0.29) is 23.1 Å². The summed E-state index contributed by atoms with van der Waals surface area (Å²) in [5.74, 6) is -0.191. The van der Waals surface area contributed by atoms with Crippen LogP contribution in [0.1, 0.15) is 18.4 Å². The van der Waals surface area contributed by atoms with Crippen LogP contribution in [0.5, 0.6) is 5.75 Å². The average Bonchev–Trinajstić information content (AvgIpc) is 2.46. The number of para-hydroxylation sites is 1. The molecule has 0 aliphatic heterocycles. The third kappa shape index (κ3) is 3.37.